The predicted octanol–water partition coefficient (Wildman–Crippen LogP) is 1.29. The van der Waals surface area contributed by atoms with Gasteiger partial charge in [-0.15, -0.1) is 10.2 Å². The number of nitrogen functional groups attached to an aromatic ring is 1. The van der Waals surface area contributed by atoms with E-state index in [0.29, 0.717) is 11.1 Å². The molecule has 0 saturated carbocycles. The summed E-state index contributed by atoms with van der Waals surface area (Å²) in [5, 5.41) is 9.75. The summed E-state index contributed by atoms with van der Waals surface area (Å²) in [4.78, 5) is 3.91. The van der Waals surface area contributed by atoms with E-state index in [9.17, 15) is 13.0 Å². The molecule has 0 amide bonds. The summed E-state index contributed by atoms with van der Waals surface area (Å²) in [7, 11) is -4.70. The van der Waals surface area contributed by atoms with E-state index in [4.69, 9.17) is 5.73 Å². The third-order valence-electron chi connectivity index (χ3n) is 4.15. The van der Waals surface area contributed by atoms with Crippen LogP contribution in [-0.2, 0) is 10.1 Å². The van der Waals surface area contributed by atoms with Gasteiger partial charge in [-0.05, 0) is 18.2 Å². The molecule has 7 nitrogen and oxygen atoms in total. The van der Waals surface area contributed by atoms with Gasteiger partial charge >= 0.3 is 29.6 Å². The molecule has 0 saturated heterocycles. The minimum atomic E-state index is -4.70. The van der Waals surface area contributed by atoms with Crippen molar-refractivity contribution in [1.82, 2.24) is 4.98 Å². The molecule has 0 unspecified atom stereocenters. The molecule has 0 aliphatic rings. The first-order valence-electron chi connectivity index (χ1n) is 7.97. The Morgan fingerprint density at radius 1 is 0.929 bits per heavy atom. The molecule has 0 atom stereocenters. The maximum Gasteiger partial charge on any atom is 1.00 e. The van der Waals surface area contributed by atoms with Crippen molar-refractivity contribution in [2.45, 2.75) is 4.90 Å². The van der Waals surface area contributed by atoms with Gasteiger partial charge < -0.3 is 10.3 Å². The average molecular weight is 400 g/mol. The Balaban J connectivity index is 0.00000225. The molecule has 0 spiro atoms. The summed E-state index contributed by atoms with van der Waals surface area (Å²) in [5.41, 5.74) is 7.77. The molecular weight excluding hydrogens is 387 g/mol. The third kappa shape index (κ3) is 3.91. The largest absolute Gasteiger partial charge is 1.00 e. The maximum absolute atomic E-state index is 11.7. The topological polar surface area (TPSA) is 121 Å². The minimum absolute atomic E-state index is 0. The Labute approximate surface area is 183 Å². The van der Waals surface area contributed by atoms with Crippen LogP contribution < -0.4 is 35.3 Å². The zero-order chi connectivity index (χ0) is 19.0. The van der Waals surface area contributed by atoms with E-state index in [1.165, 1.54) is 6.07 Å². The van der Waals surface area contributed by atoms with Gasteiger partial charge in [-0.25, -0.2) is 8.42 Å². The molecule has 1 aromatic heterocycles. The summed E-state index contributed by atoms with van der Waals surface area (Å²) in [6.45, 7) is 0. The number of rotatable bonds is 3. The third-order valence-corrected chi connectivity index (χ3v) is 5.02. The van der Waals surface area contributed by atoms with Crippen LogP contribution in [0.2, 0.25) is 0 Å². The number of nitrogens with two attached hydrogens (primary N) is 1. The first-order chi connectivity index (χ1) is 12.9. The Kier molecular flexibility index (Phi) is 5.78. The van der Waals surface area contributed by atoms with E-state index in [-0.39, 0.29) is 51.2 Å². The molecule has 4 rings (SSSR count). The van der Waals surface area contributed by atoms with Crippen LogP contribution >= 0.6 is 0 Å². The monoisotopic (exact) mass is 400 g/mol. The first kappa shape index (κ1) is 20.4. The molecule has 0 radical (unpaired) electrons. The molecule has 0 fully saturated rings. The standard InChI is InChI=1S/C19H14N4O3S.Na/c20-19-15-7-3-2-6-14(15)18(27(24,25)26)10-17(19)23-22-13-9-12-5-1-4-8-16(12)21-11-13;/h1-11H,20H2,(H,24,25,26);/q;+1/p-1. The van der Waals surface area contributed by atoms with E-state index >= 15 is 0 Å². The van der Waals surface area contributed by atoms with Crippen molar-refractivity contribution in [3.8, 4) is 0 Å². The van der Waals surface area contributed by atoms with Crippen molar-refractivity contribution < 1.29 is 42.5 Å². The van der Waals surface area contributed by atoms with Crippen LogP contribution in [0.4, 0.5) is 17.1 Å². The molecule has 0 bridgehead atoms. The van der Waals surface area contributed by atoms with E-state index in [1.54, 1.807) is 30.5 Å². The Hall–Kier alpha value is -2.36. The second kappa shape index (κ2) is 7.94. The fourth-order valence-corrected chi connectivity index (χ4v) is 3.57. The van der Waals surface area contributed by atoms with Crippen LogP contribution in [0.5, 0.6) is 0 Å². The van der Waals surface area contributed by atoms with E-state index < -0.39 is 10.1 Å². The number of hydrogen-bond acceptors (Lipinski definition) is 7. The van der Waals surface area contributed by atoms with E-state index in [2.05, 4.69) is 15.2 Å². The second-order valence-corrected chi connectivity index (χ2v) is 7.24. The van der Waals surface area contributed by atoms with Crippen molar-refractivity contribution in [2.24, 2.45) is 10.2 Å². The number of azo groups is 1. The van der Waals surface area contributed by atoms with Crippen molar-refractivity contribution in [2.75, 3.05) is 5.73 Å². The number of nitrogens with zero attached hydrogens (tertiary/aromatic N) is 3. The maximum atomic E-state index is 11.7. The second-order valence-electron chi connectivity index (χ2n) is 5.89. The van der Waals surface area contributed by atoms with Crippen molar-refractivity contribution >= 4 is 48.9 Å². The van der Waals surface area contributed by atoms with Gasteiger partial charge in [0.15, 0.2) is 0 Å². The van der Waals surface area contributed by atoms with Crippen molar-refractivity contribution in [1.29, 1.82) is 0 Å². The minimum Gasteiger partial charge on any atom is -0.744 e. The molecule has 28 heavy (non-hydrogen) atoms. The fourth-order valence-electron chi connectivity index (χ4n) is 2.87. The number of hydrogen-bond donors (Lipinski definition) is 1. The van der Waals surface area contributed by atoms with Crippen LogP contribution in [0.15, 0.2) is 82.0 Å². The number of para-hydroxylation sites is 1. The molecule has 0 aliphatic carbocycles. The summed E-state index contributed by atoms with van der Waals surface area (Å²) in [5.74, 6) is 0. The van der Waals surface area contributed by atoms with Gasteiger partial charge in [-0.3, -0.25) is 4.98 Å². The molecule has 0 aliphatic heterocycles. The summed E-state index contributed by atoms with van der Waals surface area (Å²) < 4.78 is 35.0. The van der Waals surface area contributed by atoms with Gasteiger partial charge in [-0.2, -0.15) is 0 Å². The average Bonchev–Trinajstić information content (AvgIpc) is 2.66. The van der Waals surface area contributed by atoms with Crippen LogP contribution in [0.3, 0.4) is 0 Å². The van der Waals surface area contributed by atoms with Gasteiger partial charge in [0.05, 0.1) is 22.3 Å². The first-order valence-corrected chi connectivity index (χ1v) is 9.38. The van der Waals surface area contributed by atoms with Crippen molar-refractivity contribution in [3.05, 3.63) is 66.9 Å². The molecule has 9 heteroatoms. The molecule has 3 aromatic carbocycles. The van der Waals surface area contributed by atoms with Gasteiger partial charge in [0.2, 0.25) is 0 Å². The Morgan fingerprint density at radius 3 is 2.36 bits per heavy atom. The fraction of sp³-hybridized carbons (Fsp3) is 0. The normalized spacial score (nSPS) is 11.8. The summed E-state index contributed by atoms with van der Waals surface area (Å²) in [6.07, 6.45) is 1.55. The van der Waals surface area contributed by atoms with Crippen LogP contribution in [0.25, 0.3) is 21.7 Å². The summed E-state index contributed by atoms with van der Waals surface area (Å²) >= 11 is 0. The number of aromatic nitrogens is 1. The molecule has 2 N–H and O–H groups in total. The quantitative estimate of drug-likeness (QED) is 0.240. The van der Waals surface area contributed by atoms with Gasteiger partial charge in [0, 0.05) is 16.2 Å². The van der Waals surface area contributed by atoms with Gasteiger partial charge in [0.1, 0.15) is 21.5 Å². The predicted molar refractivity (Wildman–Crippen MR) is 102 cm³/mol. The van der Waals surface area contributed by atoms with E-state index in [0.717, 1.165) is 17.0 Å². The number of benzene rings is 3. The number of pyridine rings is 1. The number of anilines is 1. The zero-order valence-corrected chi connectivity index (χ0v) is 17.7. The van der Waals surface area contributed by atoms with Crippen LogP contribution in [-0.4, -0.2) is 18.0 Å². The van der Waals surface area contributed by atoms with Crippen LogP contribution in [0, 0.1) is 0 Å². The van der Waals surface area contributed by atoms with Gasteiger partial charge in [0.25, 0.3) is 0 Å². The molecule has 134 valence electrons. The Morgan fingerprint density at radius 2 is 1.61 bits per heavy atom. The van der Waals surface area contributed by atoms with Crippen LogP contribution in [0.1, 0.15) is 0 Å². The van der Waals surface area contributed by atoms with E-state index in [1.807, 2.05) is 24.3 Å². The zero-order valence-electron chi connectivity index (χ0n) is 14.9. The SMILES string of the molecule is Nc1c(N=Nc2cnc3ccccc3c2)cc(S(=O)(=O)[O-])c2ccccc12.[Na+]. The summed E-state index contributed by atoms with van der Waals surface area (Å²) in [6, 6.07) is 17.0. The number of fused-ring (bicyclic) bond motifs is 2. The smallest absolute Gasteiger partial charge is 0.744 e. The van der Waals surface area contributed by atoms with Gasteiger partial charge in [-0.1, -0.05) is 42.5 Å². The molecule has 1 heterocycles. The molecular formula is C19H13N4NaO3S. The van der Waals surface area contributed by atoms with Crippen molar-refractivity contribution in [3.63, 3.8) is 0 Å². The Bertz CT molecular complexity index is 1320. The molecule has 4 aromatic rings.